The Labute approximate surface area is 206 Å². The van der Waals surface area contributed by atoms with Gasteiger partial charge in [-0.05, 0) is 19.3 Å². The number of thiol groups is 1. The summed E-state index contributed by atoms with van der Waals surface area (Å²) in [6.45, 7) is 0.246. The number of rotatable bonds is 17. The minimum absolute atomic E-state index is 0.109. The van der Waals surface area contributed by atoms with Gasteiger partial charge in [0, 0.05) is 18.7 Å². The van der Waals surface area contributed by atoms with E-state index < -0.39 is 66.2 Å². The first-order valence-corrected chi connectivity index (χ1v) is 11.0. The summed E-state index contributed by atoms with van der Waals surface area (Å²) in [5.41, 5.74) is 21.3. The molecule has 13 N–H and O–H groups in total. The van der Waals surface area contributed by atoms with Crippen molar-refractivity contribution in [1.82, 2.24) is 16.0 Å². The topological polar surface area (TPSA) is 295 Å². The van der Waals surface area contributed by atoms with Gasteiger partial charge in [-0.2, -0.15) is 12.6 Å². The van der Waals surface area contributed by atoms with Crippen LogP contribution in [-0.4, -0.2) is 88.2 Å². The molecule has 4 unspecified atom stereocenters. The number of nitrogens with one attached hydrogen (secondary N) is 3. The molecule has 0 aromatic rings. The van der Waals surface area contributed by atoms with E-state index in [1.54, 1.807) is 0 Å². The van der Waals surface area contributed by atoms with Crippen LogP contribution in [0, 0.1) is 0 Å². The molecule has 0 bridgehead atoms. The number of carbonyl (C=O) groups excluding carboxylic acids is 4. The van der Waals surface area contributed by atoms with E-state index >= 15 is 0 Å². The molecule has 0 spiro atoms. The molecule has 0 fully saturated rings. The molecule has 0 aliphatic heterocycles. The van der Waals surface area contributed by atoms with Crippen LogP contribution in [0.1, 0.15) is 32.1 Å². The Morgan fingerprint density at radius 2 is 1.37 bits per heavy atom. The third-order valence-electron chi connectivity index (χ3n) is 4.43. The predicted octanol–water partition coefficient (Wildman–Crippen LogP) is -4.42. The highest BCUT2D eigenvalue weighted by Gasteiger charge is 2.30. The molecule has 198 valence electrons. The van der Waals surface area contributed by atoms with Crippen molar-refractivity contribution in [3.05, 3.63) is 0 Å². The van der Waals surface area contributed by atoms with E-state index in [0.717, 1.165) is 0 Å². The highest BCUT2D eigenvalue weighted by molar-refractivity contribution is 7.80. The number of guanidine groups is 1. The summed E-state index contributed by atoms with van der Waals surface area (Å²) in [5, 5.41) is 24.6. The third-order valence-corrected chi connectivity index (χ3v) is 4.79. The van der Waals surface area contributed by atoms with Gasteiger partial charge in [0.15, 0.2) is 5.96 Å². The second-order valence-corrected chi connectivity index (χ2v) is 7.73. The van der Waals surface area contributed by atoms with Gasteiger partial charge in [0.25, 0.3) is 0 Å². The van der Waals surface area contributed by atoms with E-state index in [-0.39, 0.29) is 37.5 Å². The number of carboxylic acid groups (broad SMARTS) is 2. The maximum atomic E-state index is 12.7. The smallest absolute Gasteiger partial charge is 0.326 e. The molecule has 0 aromatic heterocycles. The summed E-state index contributed by atoms with van der Waals surface area (Å²) in [5.74, 6) is -6.83. The third kappa shape index (κ3) is 13.6. The number of nitrogens with two attached hydrogens (primary N) is 4. The first kappa shape index (κ1) is 31.4. The Bertz CT molecular complexity index is 820. The van der Waals surface area contributed by atoms with E-state index in [4.69, 9.17) is 33.1 Å². The lowest BCUT2D eigenvalue weighted by atomic mass is 10.1. The van der Waals surface area contributed by atoms with Crippen LogP contribution in [0.25, 0.3) is 0 Å². The number of hydrogen-bond donors (Lipinski definition) is 10. The molecular weight excluding hydrogens is 488 g/mol. The summed E-state index contributed by atoms with van der Waals surface area (Å²) >= 11 is 4.01. The Balaban J connectivity index is 5.24. The second-order valence-electron chi connectivity index (χ2n) is 7.36. The largest absolute Gasteiger partial charge is 0.481 e. The van der Waals surface area contributed by atoms with E-state index in [1.807, 2.05) is 5.32 Å². The summed E-state index contributed by atoms with van der Waals surface area (Å²) in [6.07, 6.45) is -1.00. The molecule has 35 heavy (non-hydrogen) atoms. The van der Waals surface area contributed by atoms with Gasteiger partial charge >= 0.3 is 11.9 Å². The van der Waals surface area contributed by atoms with Gasteiger partial charge in [0.05, 0.1) is 12.5 Å². The minimum Gasteiger partial charge on any atom is -0.481 e. The number of aliphatic carboxylic acids is 2. The number of primary amides is 1. The zero-order valence-corrected chi connectivity index (χ0v) is 19.7. The summed E-state index contributed by atoms with van der Waals surface area (Å²) < 4.78 is 0. The van der Waals surface area contributed by atoms with Gasteiger partial charge in [0.2, 0.25) is 23.6 Å². The molecule has 0 aliphatic carbocycles. The van der Waals surface area contributed by atoms with Gasteiger partial charge < -0.3 is 49.1 Å². The monoisotopic (exact) mass is 520 g/mol. The maximum absolute atomic E-state index is 12.7. The Kier molecular flexibility index (Phi) is 14.4. The molecule has 4 atom stereocenters. The quantitative estimate of drug-likeness (QED) is 0.0377. The lowest BCUT2D eigenvalue weighted by Gasteiger charge is -2.24. The van der Waals surface area contributed by atoms with Gasteiger partial charge in [0.1, 0.15) is 18.1 Å². The van der Waals surface area contributed by atoms with Crippen LogP contribution in [0.15, 0.2) is 4.99 Å². The van der Waals surface area contributed by atoms with Crippen molar-refractivity contribution in [3.63, 3.8) is 0 Å². The van der Waals surface area contributed by atoms with Crippen molar-refractivity contribution in [1.29, 1.82) is 0 Å². The number of carboxylic acids is 2. The molecule has 17 heteroatoms. The van der Waals surface area contributed by atoms with Crippen LogP contribution in [0.3, 0.4) is 0 Å². The minimum atomic E-state index is -1.79. The summed E-state index contributed by atoms with van der Waals surface area (Å²) in [7, 11) is 0. The fourth-order valence-electron chi connectivity index (χ4n) is 2.60. The average molecular weight is 521 g/mol. The normalized spacial score (nSPS) is 13.9. The standard InChI is InChI=1S/C18H32N8O8S/c19-8(2-1-5-23-18(21)22)14(30)26-11(7-35)16(32)24-9(3-4-12(20)27)15(31)25-10(17(33)34)6-13(28)29/h8-11,35H,1-7,19H2,(H2,20,27)(H,24,32)(H,25,31)(H,26,30)(H,28,29)(H,33,34)(H4,21,22,23). The fourth-order valence-corrected chi connectivity index (χ4v) is 2.86. The molecule has 0 rings (SSSR count). The average Bonchev–Trinajstić information content (AvgIpc) is 2.75. The van der Waals surface area contributed by atoms with Crippen molar-refractivity contribution in [3.8, 4) is 0 Å². The SMILES string of the molecule is NC(=O)CCC(NC(=O)C(CS)NC(=O)C(N)CCCN=C(N)N)C(=O)NC(CC(=O)O)C(=O)O. The van der Waals surface area contributed by atoms with Gasteiger partial charge in [-0.15, -0.1) is 0 Å². The summed E-state index contributed by atoms with van der Waals surface area (Å²) in [6, 6.07) is -5.49. The molecule has 0 aromatic carbocycles. The van der Waals surface area contributed by atoms with Crippen molar-refractivity contribution in [2.24, 2.45) is 27.9 Å². The van der Waals surface area contributed by atoms with Crippen LogP contribution in [0.5, 0.6) is 0 Å². The van der Waals surface area contributed by atoms with Crippen LogP contribution in [-0.2, 0) is 28.8 Å². The zero-order valence-electron chi connectivity index (χ0n) is 18.8. The van der Waals surface area contributed by atoms with Crippen LogP contribution in [0.4, 0.5) is 0 Å². The van der Waals surface area contributed by atoms with Crippen molar-refractivity contribution in [2.45, 2.75) is 56.3 Å². The van der Waals surface area contributed by atoms with E-state index in [9.17, 15) is 28.8 Å². The molecule has 0 saturated carbocycles. The van der Waals surface area contributed by atoms with E-state index in [1.165, 1.54) is 0 Å². The fraction of sp³-hybridized carbons (Fsp3) is 0.611. The molecular formula is C18H32N8O8S. The number of nitrogens with zero attached hydrogens (tertiary/aromatic N) is 1. The van der Waals surface area contributed by atoms with Crippen molar-refractivity contribution in [2.75, 3.05) is 12.3 Å². The predicted molar refractivity (Wildman–Crippen MR) is 126 cm³/mol. The van der Waals surface area contributed by atoms with Gasteiger partial charge in [-0.3, -0.25) is 29.0 Å². The van der Waals surface area contributed by atoms with Crippen LogP contribution in [0.2, 0.25) is 0 Å². The van der Waals surface area contributed by atoms with Gasteiger partial charge in [-0.25, -0.2) is 4.79 Å². The second kappa shape index (κ2) is 16.1. The lowest BCUT2D eigenvalue weighted by molar-refractivity contribution is -0.147. The number of amides is 4. The lowest BCUT2D eigenvalue weighted by Crippen LogP contribution is -2.57. The highest BCUT2D eigenvalue weighted by Crippen LogP contribution is 2.03. The number of carbonyl (C=O) groups is 6. The Morgan fingerprint density at radius 1 is 0.829 bits per heavy atom. The van der Waals surface area contributed by atoms with Gasteiger partial charge in [-0.1, -0.05) is 0 Å². The van der Waals surface area contributed by atoms with Crippen molar-refractivity contribution < 1.29 is 39.0 Å². The molecule has 0 saturated heterocycles. The molecule has 16 nitrogen and oxygen atoms in total. The van der Waals surface area contributed by atoms with Crippen LogP contribution < -0.4 is 38.9 Å². The zero-order chi connectivity index (χ0) is 27.1. The molecule has 0 heterocycles. The molecule has 4 amide bonds. The van der Waals surface area contributed by atoms with Crippen LogP contribution >= 0.6 is 12.6 Å². The first-order chi connectivity index (χ1) is 16.3. The highest BCUT2D eigenvalue weighted by atomic mass is 32.1. The Hall–Kier alpha value is -3.60. The van der Waals surface area contributed by atoms with Crippen molar-refractivity contribution >= 4 is 54.2 Å². The number of hydrogen-bond acceptors (Lipinski definition) is 9. The summed E-state index contributed by atoms with van der Waals surface area (Å²) in [4.78, 5) is 74.5. The first-order valence-electron chi connectivity index (χ1n) is 10.3. The molecule has 0 radical (unpaired) electrons. The van der Waals surface area contributed by atoms with E-state index in [2.05, 4.69) is 28.3 Å². The number of aliphatic imine (C=N–C) groups is 1. The molecule has 0 aliphatic rings. The Morgan fingerprint density at radius 3 is 1.86 bits per heavy atom. The van der Waals surface area contributed by atoms with E-state index in [0.29, 0.717) is 6.42 Å². The maximum Gasteiger partial charge on any atom is 0.326 e.